The first-order chi connectivity index (χ1) is 52.0. The monoisotopic (exact) mass is 1430 g/mol. The summed E-state index contributed by atoms with van der Waals surface area (Å²) in [5, 5.41) is 8.87. The van der Waals surface area contributed by atoms with Crippen LogP contribution >= 0.6 is 0 Å². The number of aryl methyl sites for hydroxylation is 4. The Morgan fingerprint density at radius 3 is 0.963 bits per heavy atom. The van der Waals surface area contributed by atoms with Crippen LogP contribution in [0.15, 0.2) is 183 Å². The molecule has 0 atom stereocenters. The van der Waals surface area contributed by atoms with Crippen LogP contribution in [0, 0.1) is 74.5 Å². The number of methoxy groups -OCH3 is 1. The van der Waals surface area contributed by atoms with Gasteiger partial charge < -0.3 is 46.6 Å². The van der Waals surface area contributed by atoms with Crippen molar-refractivity contribution in [3.63, 3.8) is 0 Å². The predicted molar refractivity (Wildman–Crippen MR) is 422 cm³/mol. The number of rotatable bonds is 15. The Hall–Kier alpha value is -14.1. The predicted octanol–water partition coefficient (Wildman–Crippen LogP) is 17.0. The molecule has 0 spiro atoms. The van der Waals surface area contributed by atoms with Gasteiger partial charge in [0.05, 0.1) is 49.2 Å². The van der Waals surface area contributed by atoms with Crippen LogP contribution in [0.4, 0.5) is 23.3 Å². The Labute approximate surface area is 630 Å². The topological polar surface area (TPSA) is 329 Å². The molecule has 22 heteroatoms. The van der Waals surface area contributed by atoms with Gasteiger partial charge in [0.25, 0.3) is 0 Å². The van der Waals surface area contributed by atoms with Gasteiger partial charge in [0.15, 0.2) is 46.3 Å². The molecule has 0 aliphatic heterocycles. The van der Waals surface area contributed by atoms with E-state index in [0.717, 1.165) is 56.0 Å². The van der Waals surface area contributed by atoms with E-state index in [2.05, 4.69) is 157 Å². The van der Waals surface area contributed by atoms with Gasteiger partial charge in [-0.05, 0) is 141 Å². The Morgan fingerprint density at radius 2 is 0.639 bits per heavy atom. The number of nitriles is 1. The van der Waals surface area contributed by atoms with Gasteiger partial charge in [-0.1, -0.05) is 128 Å². The third kappa shape index (κ3) is 23.0. The zero-order valence-electron chi connectivity index (χ0n) is 62.4. The average molecular weight is 1430 g/mol. The van der Waals surface area contributed by atoms with Crippen molar-refractivity contribution in [1.29, 1.82) is 5.26 Å². The summed E-state index contributed by atoms with van der Waals surface area (Å²) in [6, 6.07) is 43.9. The van der Waals surface area contributed by atoms with E-state index in [1.54, 1.807) is 109 Å². The minimum absolute atomic E-state index is 0.204. The summed E-state index contributed by atoms with van der Waals surface area (Å²) in [6.45, 7) is 23.7. The number of hydrogen-bond acceptors (Lipinski definition) is 22. The molecule has 0 unspecified atom stereocenters. The molecule has 0 aliphatic carbocycles. The maximum absolute atomic E-state index is 8.87. The maximum atomic E-state index is 8.87. The number of anilines is 4. The normalized spacial score (nSPS) is 10.5. The molecule has 0 saturated heterocycles. The zero-order chi connectivity index (χ0) is 77.2. The SMILES string of the molecule is COc1ccc(C#Cc2cc(Oc3cnc(C)nc3N)c(C(C)C)cn2)cc1.Cc1ncc(Oc2cc(/C=C/c3ccccc3)ncc2C(C)C)c(N)n1.Cc1ncc(Oc2cc(C#Cc3ccc(C#N)cc3)ncc2C(C)C)c(N)n1.Cc1ncc(Oc2cc(C#Cc3ccccc3)ncc2C(C)C)c(N)n1. The summed E-state index contributed by atoms with van der Waals surface area (Å²) in [5.74, 6) is 28.0. The van der Waals surface area contributed by atoms with Crippen molar-refractivity contribution in [2.75, 3.05) is 30.0 Å². The molecule has 12 rings (SSSR count). The van der Waals surface area contributed by atoms with Gasteiger partial charge in [0.1, 0.15) is 69.1 Å². The second-order valence-corrected chi connectivity index (χ2v) is 25.4. The molecular formula is C86H83N17O5. The summed E-state index contributed by atoms with van der Waals surface area (Å²) in [4.78, 5) is 51.0. The van der Waals surface area contributed by atoms with Crippen molar-refractivity contribution in [3.8, 4) is 93.3 Å². The molecule has 12 aromatic rings. The highest BCUT2D eigenvalue weighted by atomic mass is 16.5. The van der Waals surface area contributed by atoms with Crippen LogP contribution in [0.5, 0.6) is 51.7 Å². The summed E-state index contributed by atoms with van der Waals surface area (Å²) in [6.07, 6.45) is 17.5. The number of nitrogen functional groups attached to an aromatic ring is 4. The molecule has 0 fully saturated rings. The second kappa shape index (κ2) is 37.9. The van der Waals surface area contributed by atoms with Gasteiger partial charge in [-0.25, -0.2) is 54.8 Å². The highest BCUT2D eigenvalue weighted by Crippen LogP contribution is 2.37. The van der Waals surface area contributed by atoms with Crippen LogP contribution in [0.2, 0.25) is 0 Å². The van der Waals surface area contributed by atoms with Gasteiger partial charge >= 0.3 is 0 Å². The molecule has 0 radical (unpaired) electrons. The molecule has 8 aromatic heterocycles. The van der Waals surface area contributed by atoms with Crippen molar-refractivity contribution in [2.45, 2.75) is 107 Å². The Balaban J connectivity index is 0.000000166. The Kier molecular flexibility index (Phi) is 27.4. The van der Waals surface area contributed by atoms with Crippen LogP contribution in [-0.2, 0) is 0 Å². The summed E-state index contributed by atoms with van der Waals surface area (Å²) < 4.78 is 29.2. The van der Waals surface area contributed by atoms with Crippen LogP contribution in [-0.4, -0.2) is 66.9 Å². The number of hydrogen-bond donors (Lipinski definition) is 4. The fraction of sp³-hybridized carbons (Fsp3) is 0.198. The minimum Gasteiger partial charge on any atom is -0.497 e. The van der Waals surface area contributed by atoms with E-state index in [9.17, 15) is 0 Å². The first-order valence-electron chi connectivity index (χ1n) is 34.5. The lowest BCUT2D eigenvalue weighted by Gasteiger charge is -2.14. The number of nitrogens with two attached hydrogens (primary N) is 4. The molecule has 0 aliphatic rings. The molecule has 0 amide bonds. The average Bonchev–Trinajstić information content (AvgIpc) is 0.838. The fourth-order valence-corrected chi connectivity index (χ4v) is 9.86. The minimum atomic E-state index is 0.204. The Bertz CT molecular complexity index is 5360. The largest absolute Gasteiger partial charge is 0.497 e. The quantitative estimate of drug-likeness (QED) is 0.0693. The van der Waals surface area contributed by atoms with Gasteiger partial charge in [-0.15, -0.1) is 0 Å². The summed E-state index contributed by atoms with van der Waals surface area (Å²) >= 11 is 0. The number of nitrogens with zero attached hydrogens (tertiary/aromatic N) is 13. The molecule has 542 valence electrons. The second-order valence-electron chi connectivity index (χ2n) is 25.4. The lowest BCUT2D eigenvalue weighted by atomic mass is 10.0. The Morgan fingerprint density at radius 1 is 0.333 bits per heavy atom. The zero-order valence-corrected chi connectivity index (χ0v) is 62.4. The molecule has 108 heavy (non-hydrogen) atoms. The van der Waals surface area contributed by atoms with Crippen molar-refractivity contribution < 1.29 is 23.7 Å². The molecule has 4 aromatic carbocycles. The first-order valence-corrected chi connectivity index (χ1v) is 34.5. The van der Waals surface area contributed by atoms with E-state index >= 15 is 0 Å². The van der Waals surface area contributed by atoms with Crippen molar-refractivity contribution in [1.82, 2.24) is 59.8 Å². The van der Waals surface area contributed by atoms with Gasteiger partial charge in [-0.2, -0.15) is 5.26 Å². The van der Waals surface area contributed by atoms with Crippen molar-refractivity contribution in [3.05, 3.63) is 279 Å². The summed E-state index contributed by atoms with van der Waals surface area (Å²) in [5.41, 5.74) is 34.6. The highest BCUT2D eigenvalue weighted by molar-refractivity contribution is 5.69. The van der Waals surface area contributed by atoms with Crippen LogP contribution in [0.1, 0.15) is 175 Å². The van der Waals surface area contributed by atoms with E-state index in [4.69, 9.17) is 51.9 Å². The number of ether oxygens (including phenoxy) is 5. The molecule has 0 bridgehead atoms. The third-order valence-corrected chi connectivity index (χ3v) is 15.7. The first kappa shape index (κ1) is 78.1. The molecule has 0 saturated carbocycles. The molecule has 22 nitrogen and oxygen atoms in total. The van der Waals surface area contributed by atoms with Crippen LogP contribution in [0.25, 0.3) is 12.2 Å². The molecular weight excluding hydrogens is 1350 g/mol. The van der Waals surface area contributed by atoms with E-state index < -0.39 is 0 Å². The lowest BCUT2D eigenvalue weighted by molar-refractivity contribution is 0.415. The number of benzene rings is 4. The van der Waals surface area contributed by atoms with Gasteiger partial charge in [0, 0.05) is 88.0 Å². The molecule has 8 N–H and O–H groups in total. The summed E-state index contributed by atoms with van der Waals surface area (Å²) in [7, 11) is 1.63. The van der Waals surface area contributed by atoms with Gasteiger partial charge in [-0.3, -0.25) is 4.98 Å². The fourth-order valence-electron chi connectivity index (χ4n) is 9.86. The third-order valence-electron chi connectivity index (χ3n) is 15.7. The van der Waals surface area contributed by atoms with Crippen molar-refractivity contribution in [2.24, 2.45) is 0 Å². The lowest BCUT2D eigenvalue weighted by Crippen LogP contribution is -2.02. The van der Waals surface area contributed by atoms with Gasteiger partial charge in [0.2, 0.25) is 0 Å². The van der Waals surface area contributed by atoms with Crippen LogP contribution in [0.3, 0.4) is 0 Å². The van der Waals surface area contributed by atoms with E-state index in [1.165, 1.54) is 0 Å². The standard InChI is InChI=1S/C22H19N5O.C22H22N4O2.C21H22N4O.C21H20N4O/c1-14(2)19-12-26-18(9-8-16-4-6-17(11-23)7-5-16)10-20(19)28-21-13-25-15(3)27-22(21)24;1-14(2)19-12-25-17(8-5-16-6-9-18(27-4)10-7-16)11-20(19)28-21-13-24-15(3)26-22(21)23;2*1-14(2)18-12-24-17(10-9-16-7-5-4-6-8-16)11-19(18)26-20-13-23-15(3)25-21(20)22/h4-7,10,12-14H,1-3H3,(H2,24,25,27);6-7,9-14H,1-4H3,(H2,23,24,26);4-14H,1-3H3,(H2,22,23,25);4-8,11-14H,1-3H3,(H2,22,23,25)/b;;10-9+;. The van der Waals surface area contributed by atoms with E-state index in [-0.39, 0.29) is 29.5 Å². The highest BCUT2D eigenvalue weighted by Gasteiger charge is 2.18. The van der Waals surface area contributed by atoms with E-state index in [1.807, 2.05) is 121 Å². The van der Waals surface area contributed by atoms with Crippen LogP contribution < -0.4 is 46.6 Å². The maximum Gasteiger partial charge on any atom is 0.187 e. The number of aromatic nitrogens is 12. The molecule has 8 heterocycles. The smallest absolute Gasteiger partial charge is 0.187 e. The van der Waals surface area contributed by atoms with E-state index in [0.29, 0.717) is 109 Å². The number of pyridine rings is 4. The van der Waals surface area contributed by atoms with Crippen molar-refractivity contribution >= 4 is 35.4 Å².